The molecule has 1 heterocycles. The van der Waals surface area contributed by atoms with E-state index < -0.39 is 0 Å². The SMILES string of the molecule is C=CCn1ccnc1C(C)OC=C. The summed E-state index contributed by atoms with van der Waals surface area (Å²) in [5.74, 6) is 0.889. The monoisotopic (exact) mass is 178 g/mol. The summed E-state index contributed by atoms with van der Waals surface area (Å²) in [6.45, 7) is 9.86. The molecule has 70 valence electrons. The predicted octanol–water partition coefficient (Wildman–Crippen LogP) is 2.29. The van der Waals surface area contributed by atoms with Gasteiger partial charge in [0.25, 0.3) is 0 Å². The fourth-order valence-corrected chi connectivity index (χ4v) is 1.18. The van der Waals surface area contributed by atoms with E-state index in [1.54, 1.807) is 6.20 Å². The molecule has 1 atom stereocenters. The zero-order chi connectivity index (χ0) is 9.68. The maximum atomic E-state index is 5.22. The minimum atomic E-state index is -0.0625. The predicted molar refractivity (Wildman–Crippen MR) is 52.1 cm³/mol. The quantitative estimate of drug-likeness (QED) is 0.511. The van der Waals surface area contributed by atoms with Crippen LogP contribution < -0.4 is 0 Å². The van der Waals surface area contributed by atoms with E-state index in [9.17, 15) is 0 Å². The molecule has 0 saturated heterocycles. The summed E-state index contributed by atoms with van der Waals surface area (Å²) in [5, 5.41) is 0. The Kier molecular flexibility index (Phi) is 3.31. The van der Waals surface area contributed by atoms with Crippen LogP contribution in [0.25, 0.3) is 0 Å². The largest absolute Gasteiger partial charge is 0.491 e. The molecule has 0 spiro atoms. The molecule has 0 aliphatic rings. The Bertz CT molecular complexity index is 291. The first-order valence-electron chi connectivity index (χ1n) is 4.18. The standard InChI is InChI=1S/C10H14N2O/c1-4-7-12-8-6-11-10(12)9(3)13-5-2/h4-6,8-9H,1-2,7H2,3H3. The molecule has 3 nitrogen and oxygen atoms in total. The highest BCUT2D eigenvalue weighted by Gasteiger charge is 2.10. The lowest BCUT2D eigenvalue weighted by Crippen LogP contribution is -2.06. The number of rotatable bonds is 5. The van der Waals surface area contributed by atoms with Crippen molar-refractivity contribution in [2.75, 3.05) is 0 Å². The van der Waals surface area contributed by atoms with Gasteiger partial charge in [-0.1, -0.05) is 12.7 Å². The zero-order valence-electron chi connectivity index (χ0n) is 7.81. The summed E-state index contributed by atoms with van der Waals surface area (Å²) in [7, 11) is 0. The van der Waals surface area contributed by atoms with Crippen LogP contribution in [-0.4, -0.2) is 9.55 Å². The van der Waals surface area contributed by atoms with Gasteiger partial charge in [0.15, 0.2) is 6.10 Å². The van der Waals surface area contributed by atoms with Crippen LogP contribution in [0.5, 0.6) is 0 Å². The Hall–Kier alpha value is -1.51. The molecule has 0 saturated carbocycles. The Balaban J connectivity index is 2.79. The molecule has 0 N–H and O–H groups in total. The normalized spacial score (nSPS) is 12.1. The smallest absolute Gasteiger partial charge is 0.152 e. The number of allylic oxidation sites excluding steroid dienone is 1. The van der Waals surface area contributed by atoms with E-state index in [1.165, 1.54) is 6.26 Å². The van der Waals surface area contributed by atoms with E-state index in [-0.39, 0.29) is 6.10 Å². The maximum absolute atomic E-state index is 5.22. The molecule has 13 heavy (non-hydrogen) atoms. The van der Waals surface area contributed by atoms with Crippen molar-refractivity contribution in [1.29, 1.82) is 0 Å². The van der Waals surface area contributed by atoms with Crippen molar-refractivity contribution < 1.29 is 4.74 Å². The van der Waals surface area contributed by atoms with Crippen LogP contribution >= 0.6 is 0 Å². The van der Waals surface area contributed by atoms with Gasteiger partial charge in [-0.15, -0.1) is 6.58 Å². The van der Waals surface area contributed by atoms with Crippen molar-refractivity contribution in [3.8, 4) is 0 Å². The van der Waals surface area contributed by atoms with Crippen LogP contribution in [0.2, 0.25) is 0 Å². The molecular weight excluding hydrogens is 164 g/mol. The molecule has 3 heteroatoms. The van der Waals surface area contributed by atoms with Gasteiger partial charge < -0.3 is 9.30 Å². The first-order chi connectivity index (χ1) is 6.29. The van der Waals surface area contributed by atoms with Crippen molar-refractivity contribution >= 4 is 0 Å². The molecule has 1 aromatic heterocycles. The Morgan fingerprint density at radius 2 is 2.46 bits per heavy atom. The first kappa shape index (κ1) is 9.58. The lowest BCUT2D eigenvalue weighted by molar-refractivity contribution is 0.153. The van der Waals surface area contributed by atoms with Gasteiger partial charge in [0.05, 0.1) is 6.26 Å². The van der Waals surface area contributed by atoms with Crippen LogP contribution in [-0.2, 0) is 11.3 Å². The van der Waals surface area contributed by atoms with E-state index in [1.807, 2.05) is 23.8 Å². The topological polar surface area (TPSA) is 27.1 Å². The van der Waals surface area contributed by atoms with Crippen molar-refractivity contribution in [3.63, 3.8) is 0 Å². The summed E-state index contributed by atoms with van der Waals surface area (Å²) in [6.07, 6.45) is 6.85. The molecule has 0 aliphatic heterocycles. The highest BCUT2D eigenvalue weighted by molar-refractivity contribution is 4.97. The summed E-state index contributed by atoms with van der Waals surface area (Å²) in [5.41, 5.74) is 0. The van der Waals surface area contributed by atoms with Crippen molar-refractivity contribution in [2.45, 2.75) is 19.6 Å². The van der Waals surface area contributed by atoms with Crippen LogP contribution in [0.3, 0.4) is 0 Å². The van der Waals surface area contributed by atoms with Gasteiger partial charge in [0, 0.05) is 18.9 Å². The van der Waals surface area contributed by atoms with E-state index in [4.69, 9.17) is 4.74 Å². The Morgan fingerprint density at radius 1 is 1.69 bits per heavy atom. The minimum absolute atomic E-state index is 0.0625. The lowest BCUT2D eigenvalue weighted by Gasteiger charge is -2.11. The third-order valence-corrected chi connectivity index (χ3v) is 1.74. The zero-order valence-corrected chi connectivity index (χ0v) is 7.81. The minimum Gasteiger partial charge on any atom is -0.491 e. The van der Waals surface area contributed by atoms with Crippen LogP contribution in [0, 0.1) is 0 Å². The van der Waals surface area contributed by atoms with Gasteiger partial charge in [0.1, 0.15) is 5.82 Å². The molecule has 0 bridgehead atoms. The maximum Gasteiger partial charge on any atom is 0.152 e. The van der Waals surface area contributed by atoms with Crippen molar-refractivity contribution in [1.82, 2.24) is 9.55 Å². The van der Waals surface area contributed by atoms with Crippen LogP contribution in [0.4, 0.5) is 0 Å². The molecule has 1 aromatic rings. The molecule has 1 unspecified atom stereocenters. The molecular formula is C10H14N2O. The highest BCUT2D eigenvalue weighted by Crippen LogP contribution is 2.14. The van der Waals surface area contributed by atoms with Gasteiger partial charge in [-0.25, -0.2) is 4.98 Å². The average molecular weight is 178 g/mol. The number of nitrogens with zero attached hydrogens (tertiary/aromatic N) is 2. The van der Waals surface area contributed by atoms with Gasteiger partial charge in [0.2, 0.25) is 0 Å². The second-order valence-electron chi connectivity index (χ2n) is 2.67. The summed E-state index contributed by atoms with van der Waals surface area (Å²) in [4.78, 5) is 4.20. The molecule has 1 rings (SSSR count). The number of ether oxygens (including phenoxy) is 1. The first-order valence-corrected chi connectivity index (χ1v) is 4.18. The van der Waals surface area contributed by atoms with Gasteiger partial charge in [-0.2, -0.15) is 0 Å². The summed E-state index contributed by atoms with van der Waals surface area (Å²) < 4.78 is 7.21. The van der Waals surface area contributed by atoms with Crippen LogP contribution in [0.1, 0.15) is 18.9 Å². The van der Waals surface area contributed by atoms with Crippen molar-refractivity contribution in [3.05, 3.63) is 43.7 Å². The fraction of sp³-hybridized carbons (Fsp3) is 0.300. The molecule has 0 amide bonds. The van der Waals surface area contributed by atoms with E-state index >= 15 is 0 Å². The van der Waals surface area contributed by atoms with Gasteiger partial charge >= 0.3 is 0 Å². The van der Waals surface area contributed by atoms with Crippen LogP contribution in [0.15, 0.2) is 37.9 Å². The second-order valence-corrected chi connectivity index (χ2v) is 2.67. The Labute approximate surface area is 78.4 Å². The second kappa shape index (κ2) is 4.50. The molecule has 0 fully saturated rings. The fourth-order valence-electron chi connectivity index (χ4n) is 1.18. The number of aromatic nitrogens is 2. The third kappa shape index (κ3) is 2.21. The number of hydrogen-bond acceptors (Lipinski definition) is 2. The van der Waals surface area contributed by atoms with E-state index in [2.05, 4.69) is 18.1 Å². The molecule has 0 aromatic carbocycles. The summed E-state index contributed by atoms with van der Waals surface area (Å²) in [6, 6.07) is 0. The highest BCUT2D eigenvalue weighted by atomic mass is 16.5. The molecule has 0 radical (unpaired) electrons. The van der Waals surface area contributed by atoms with Gasteiger partial charge in [-0.3, -0.25) is 0 Å². The number of imidazole rings is 1. The Morgan fingerprint density at radius 3 is 3.08 bits per heavy atom. The average Bonchev–Trinajstić information content (AvgIpc) is 2.54. The molecule has 0 aliphatic carbocycles. The van der Waals surface area contributed by atoms with E-state index in [0.29, 0.717) is 0 Å². The third-order valence-electron chi connectivity index (χ3n) is 1.74. The van der Waals surface area contributed by atoms with E-state index in [0.717, 1.165) is 12.4 Å². The van der Waals surface area contributed by atoms with Crippen molar-refractivity contribution in [2.24, 2.45) is 0 Å². The van der Waals surface area contributed by atoms with Gasteiger partial charge in [-0.05, 0) is 6.92 Å². The lowest BCUT2D eigenvalue weighted by atomic mass is 10.4. The number of hydrogen-bond donors (Lipinski definition) is 0. The summed E-state index contributed by atoms with van der Waals surface area (Å²) >= 11 is 0.